The van der Waals surface area contributed by atoms with E-state index in [1.54, 1.807) is 12.1 Å². The molecular weight excluding hydrogens is 336 g/mol. The smallest absolute Gasteiger partial charge is 0.336 e. The van der Waals surface area contributed by atoms with Gasteiger partial charge < -0.3 is 5.11 Å². The van der Waals surface area contributed by atoms with Crippen LogP contribution in [0, 0.1) is 17.2 Å². The number of hydrogen-bond donors (Lipinski definition) is 1. The lowest BCUT2D eigenvalue weighted by atomic mass is 9.80. The van der Waals surface area contributed by atoms with Crippen LogP contribution in [0.25, 0.3) is 22.6 Å². The quantitative estimate of drug-likeness (QED) is 0.708. The Morgan fingerprint density at radius 3 is 2.63 bits per heavy atom. The summed E-state index contributed by atoms with van der Waals surface area (Å²) in [5, 5.41) is 19.5. The molecule has 132 valence electrons. The number of carbonyl (C=O) groups is 1. The van der Waals surface area contributed by atoms with Crippen LogP contribution in [0.2, 0.25) is 0 Å². The third-order valence-electron chi connectivity index (χ3n) is 5.01. The van der Waals surface area contributed by atoms with Crippen LogP contribution in [0.5, 0.6) is 0 Å². The monoisotopic (exact) mass is 354 g/mol. The van der Waals surface area contributed by atoms with E-state index in [-0.39, 0.29) is 0 Å². The molecule has 0 radical (unpaired) electrons. The molecule has 1 aliphatic rings. The summed E-state index contributed by atoms with van der Waals surface area (Å²) in [6, 6.07) is 16.9. The first-order chi connectivity index (χ1) is 13.1. The van der Waals surface area contributed by atoms with Crippen LogP contribution in [0.15, 0.2) is 48.5 Å². The number of fused-ring (bicyclic) bond motifs is 2. The zero-order valence-corrected chi connectivity index (χ0v) is 14.9. The van der Waals surface area contributed by atoms with E-state index in [9.17, 15) is 9.90 Å². The Morgan fingerprint density at radius 2 is 1.93 bits per heavy atom. The number of hydrogen-bond acceptors (Lipinski definition) is 3. The maximum atomic E-state index is 12.1. The van der Waals surface area contributed by atoms with E-state index < -0.39 is 5.97 Å². The predicted molar refractivity (Wildman–Crippen MR) is 105 cm³/mol. The van der Waals surface area contributed by atoms with Crippen molar-refractivity contribution in [2.75, 3.05) is 0 Å². The minimum Gasteiger partial charge on any atom is -0.478 e. The first kappa shape index (κ1) is 17.0. The van der Waals surface area contributed by atoms with E-state index in [0.717, 1.165) is 28.8 Å². The predicted octanol–water partition coefficient (Wildman–Crippen LogP) is 4.93. The average Bonchev–Trinajstić information content (AvgIpc) is 2.66. The summed E-state index contributed by atoms with van der Waals surface area (Å²) in [4.78, 5) is 16.9. The number of benzene rings is 2. The van der Waals surface area contributed by atoms with E-state index in [2.05, 4.69) is 19.1 Å². The molecule has 0 saturated heterocycles. The van der Waals surface area contributed by atoms with E-state index in [0.29, 0.717) is 34.4 Å². The number of nitrogens with zero attached hydrogens (tertiary/aromatic N) is 2. The van der Waals surface area contributed by atoms with Crippen molar-refractivity contribution in [2.24, 2.45) is 5.92 Å². The van der Waals surface area contributed by atoms with Crippen molar-refractivity contribution >= 4 is 28.5 Å². The maximum absolute atomic E-state index is 12.1. The number of aromatic nitrogens is 1. The molecule has 4 heteroatoms. The van der Waals surface area contributed by atoms with Crippen molar-refractivity contribution < 1.29 is 9.90 Å². The van der Waals surface area contributed by atoms with Gasteiger partial charge in [0.05, 0.1) is 28.4 Å². The van der Waals surface area contributed by atoms with Crippen LogP contribution >= 0.6 is 0 Å². The van der Waals surface area contributed by atoms with Crippen LogP contribution in [0.4, 0.5) is 0 Å². The number of carboxylic acid groups (broad SMARTS) is 1. The summed E-state index contributed by atoms with van der Waals surface area (Å²) in [6.45, 7) is 2.14. The molecule has 0 fully saturated rings. The van der Waals surface area contributed by atoms with Crippen LogP contribution in [-0.2, 0) is 6.42 Å². The summed E-state index contributed by atoms with van der Waals surface area (Å²) >= 11 is 0. The Bertz CT molecular complexity index is 1120. The third kappa shape index (κ3) is 3.09. The number of allylic oxidation sites excluding steroid dienone is 1. The molecule has 0 aliphatic heterocycles. The van der Waals surface area contributed by atoms with E-state index in [1.807, 2.05) is 36.4 Å². The minimum absolute atomic E-state index is 0.336. The molecule has 1 heterocycles. The lowest BCUT2D eigenvalue weighted by Crippen LogP contribution is -2.17. The number of nitriles is 1. The molecule has 1 N–H and O–H groups in total. The molecule has 1 atom stereocenters. The molecule has 1 aliphatic carbocycles. The summed E-state index contributed by atoms with van der Waals surface area (Å²) < 4.78 is 0. The normalized spacial score (nSPS) is 17.5. The summed E-state index contributed by atoms with van der Waals surface area (Å²) in [7, 11) is 0. The second kappa shape index (κ2) is 6.69. The third-order valence-corrected chi connectivity index (χ3v) is 5.01. The minimum atomic E-state index is -0.906. The molecule has 0 spiro atoms. The van der Waals surface area contributed by atoms with E-state index in [4.69, 9.17) is 10.2 Å². The van der Waals surface area contributed by atoms with Crippen molar-refractivity contribution in [3.63, 3.8) is 0 Å². The molecular formula is C23H18N2O2. The Hall–Kier alpha value is -3.45. The van der Waals surface area contributed by atoms with Gasteiger partial charge in [0.1, 0.15) is 0 Å². The molecule has 27 heavy (non-hydrogen) atoms. The van der Waals surface area contributed by atoms with Gasteiger partial charge in [-0.3, -0.25) is 0 Å². The van der Waals surface area contributed by atoms with Crippen LogP contribution < -0.4 is 0 Å². The fourth-order valence-corrected chi connectivity index (χ4v) is 3.84. The molecule has 4 nitrogen and oxygen atoms in total. The summed E-state index contributed by atoms with van der Waals surface area (Å²) in [5.74, 6) is -0.570. The number of aromatic carboxylic acids is 1. The SMILES string of the molecule is C[C@H]1C/C(=C\c2ccc(C#N)cc2)c2nc3ccccc3c(C(=O)O)c2C1. The van der Waals surface area contributed by atoms with Crippen molar-refractivity contribution in [3.8, 4) is 6.07 Å². The zero-order chi connectivity index (χ0) is 19.0. The Kier molecular flexibility index (Phi) is 4.21. The van der Waals surface area contributed by atoms with Crippen molar-refractivity contribution in [1.82, 2.24) is 4.98 Å². The highest BCUT2D eigenvalue weighted by Gasteiger charge is 2.27. The Balaban J connectivity index is 1.94. The molecule has 1 aromatic heterocycles. The summed E-state index contributed by atoms with van der Waals surface area (Å²) in [5.41, 5.74) is 5.32. The van der Waals surface area contributed by atoms with Gasteiger partial charge in [-0.05, 0) is 59.7 Å². The second-order valence-corrected chi connectivity index (χ2v) is 7.05. The Morgan fingerprint density at radius 1 is 1.19 bits per heavy atom. The van der Waals surface area contributed by atoms with Crippen LogP contribution in [0.3, 0.4) is 0 Å². The van der Waals surface area contributed by atoms with Gasteiger partial charge in [0.15, 0.2) is 0 Å². The van der Waals surface area contributed by atoms with Gasteiger partial charge in [-0.1, -0.05) is 37.3 Å². The molecule has 2 aromatic carbocycles. The van der Waals surface area contributed by atoms with Crippen molar-refractivity contribution in [3.05, 3.63) is 76.5 Å². The molecule has 0 amide bonds. The fourth-order valence-electron chi connectivity index (χ4n) is 3.84. The van der Waals surface area contributed by atoms with Gasteiger partial charge >= 0.3 is 5.97 Å². The number of pyridine rings is 1. The van der Waals surface area contributed by atoms with E-state index >= 15 is 0 Å². The highest BCUT2D eigenvalue weighted by molar-refractivity contribution is 6.05. The van der Waals surface area contributed by atoms with Gasteiger partial charge in [-0.2, -0.15) is 5.26 Å². The van der Waals surface area contributed by atoms with Gasteiger partial charge in [-0.15, -0.1) is 0 Å². The topological polar surface area (TPSA) is 74.0 Å². The second-order valence-electron chi connectivity index (χ2n) is 7.05. The molecule has 0 saturated carbocycles. The molecule has 4 rings (SSSR count). The fraction of sp³-hybridized carbons (Fsp3) is 0.174. The average molecular weight is 354 g/mol. The highest BCUT2D eigenvalue weighted by Crippen LogP contribution is 2.38. The van der Waals surface area contributed by atoms with Gasteiger partial charge in [0.2, 0.25) is 0 Å². The van der Waals surface area contributed by atoms with Gasteiger partial charge in [0, 0.05) is 5.39 Å². The molecule has 0 bridgehead atoms. The van der Waals surface area contributed by atoms with E-state index in [1.165, 1.54) is 0 Å². The van der Waals surface area contributed by atoms with Gasteiger partial charge in [0.25, 0.3) is 0 Å². The lowest BCUT2D eigenvalue weighted by molar-refractivity contribution is 0.0697. The van der Waals surface area contributed by atoms with Crippen LogP contribution in [0.1, 0.15) is 46.1 Å². The Labute approximate surface area is 157 Å². The first-order valence-electron chi connectivity index (χ1n) is 8.93. The van der Waals surface area contributed by atoms with Crippen molar-refractivity contribution in [2.45, 2.75) is 19.8 Å². The standard InChI is InChI=1S/C23H18N2O2/c1-14-10-17(12-15-6-8-16(13-24)9-7-15)22-19(11-14)21(23(26)27)18-4-2-3-5-20(18)25-22/h2-9,12,14H,10-11H2,1H3,(H,26,27)/b17-12+/t14-/m0/s1. The molecule has 3 aromatic rings. The largest absolute Gasteiger partial charge is 0.478 e. The highest BCUT2D eigenvalue weighted by atomic mass is 16.4. The number of carboxylic acids is 1. The molecule has 0 unspecified atom stereocenters. The van der Waals surface area contributed by atoms with Crippen LogP contribution in [-0.4, -0.2) is 16.1 Å². The first-order valence-corrected chi connectivity index (χ1v) is 8.93. The number of rotatable bonds is 2. The zero-order valence-electron chi connectivity index (χ0n) is 14.9. The van der Waals surface area contributed by atoms with Gasteiger partial charge in [-0.25, -0.2) is 9.78 Å². The lowest BCUT2D eigenvalue weighted by Gasteiger charge is -2.26. The maximum Gasteiger partial charge on any atom is 0.336 e. The summed E-state index contributed by atoms with van der Waals surface area (Å²) in [6.07, 6.45) is 3.61. The van der Waals surface area contributed by atoms with Crippen molar-refractivity contribution in [1.29, 1.82) is 5.26 Å². The number of para-hydroxylation sites is 1.